The van der Waals surface area contributed by atoms with Crippen molar-refractivity contribution in [2.45, 2.75) is 13.5 Å². The van der Waals surface area contributed by atoms with Crippen molar-refractivity contribution in [3.8, 4) is 11.5 Å². The normalized spacial score (nSPS) is 11.5. The van der Waals surface area contributed by atoms with Crippen LogP contribution in [0.1, 0.15) is 18.1 Å². The Hall–Kier alpha value is -1.91. The zero-order valence-electron chi connectivity index (χ0n) is 11.3. The monoisotopic (exact) mass is 324 g/mol. The number of aromatic hydroxyl groups is 2. The molecule has 2 aromatic rings. The second-order valence-corrected chi connectivity index (χ2v) is 5.25. The van der Waals surface area contributed by atoms with E-state index in [1.54, 1.807) is 31.2 Å². The molecule has 0 unspecified atom stereocenters. The summed E-state index contributed by atoms with van der Waals surface area (Å²) in [6.45, 7) is 2.11. The van der Waals surface area contributed by atoms with E-state index in [0.717, 1.165) is 5.56 Å². The topological polar surface area (TPSA) is 64.9 Å². The highest BCUT2D eigenvalue weighted by Crippen LogP contribution is 2.25. The van der Waals surface area contributed by atoms with Gasteiger partial charge in [-0.05, 0) is 31.2 Å². The lowest BCUT2D eigenvalue weighted by Crippen LogP contribution is -2.10. The van der Waals surface area contributed by atoms with E-state index in [9.17, 15) is 10.2 Å². The molecule has 0 radical (unpaired) electrons. The molecule has 0 aromatic heterocycles. The van der Waals surface area contributed by atoms with E-state index in [4.69, 9.17) is 23.2 Å². The quantitative estimate of drug-likeness (QED) is 0.590. The Kier molecular flexibility index (Phi) is 4.94. The van der Waals surface area contributed by atoms with Crippen LogP contribution in [-0.4, -0.2) is 15.9 Å². The maximum Gasteiger partial charge on any atom is 0.128 e. The molecule has 0 aliphatic carbocycles. The molecule has 0 bridgehead atoms. The third kappa shape index (κ3) is 3.80. The molecule has 0 atom stereocenters. The van der Waals surface area contributed by atoms with Gasteiger partial charge < -0.3 is 15.6 Å². The van der Waals surface area contributed by atoms with Gasteiger partial charge in [0.15, 0.2) is 0 Å². The number of nitrogens with zero attached hydrogens (tertiary/aromatic N) is 1. The minimum absolute atomic E-state index is 0.000131. The molecule has 110 valence electrons. The van der Waals surface area contributed by atoms with Crippen molar-refractivity contribution in [3.63, 3.8) is 0 Å². The van der Waals surface area contributed by atoms with Crippen molar-refractivity contribution < 1.29 is 10.2 Å². The molecule has 0 spiro atoms. The minimum Gasteiger partial charge on any atom is -0.508 e. The standard InChI is InChI=1S/C15H14Cl2N2O2/c1-9(11-6-5-10(20)7-15(11)21)19-18-8-12-13(16)3-2-4-14(12)17/h2-7,18,20-21H,8H2,1H3/b19-9+. The number of rotatable bonds is 4. The van der Waals surface area contributed by atoms with Crippen LogP contribution in [0.15, 0.2) is 41.5 Å². The zero-order chi connectivity index (χ0) is 15.4. The van der Waals surface area contributed by atoms with Gasteiger partial charge >= 0.3 is 0 Å². The Bertz CT molecular complexity index is 667. The lowest BCUT2D eigenvalue weighted by atomic mass is 10.1. The van der Waals surface area contributed by atoms with E-state index < -0.39 is 0 Å². The first-order chi connectivity index (χ1) is 9.99. The van der Waals surface area contributed by atoms with Gasteiger partial charge in [0.1, 0.15) is 11.5 Å². The highest BCUT2D eigenvalue weighted by atomic mass is 35.5. The molecule has 0 saturated heterocycles. The van der Waals surface area contributed by atoms with Crippen molar-refractivity contribution in [3.05, 3.63) is 57.6 Å². The molecule has 6 heteroatoms. The molecule has 3 N–H and O–H groups in total. The van der Waals surface area contributed by atoms with Gasteiger partial charge in [0, 0.05) is 27.2 Å². The van der Waals surface area contributed by atoms with Gasteiger partial charge in [-0.25, -0.2) is 0 Å². The summed E-state index contributed by atoms with van der Waals surface area (Å²) in [7, 11) is 0. The van der Waals surface area contributed by atoms with Gasteiger partial charge in [-0.1, -0.05) is 29.3 Å². The molecule has 0 amide bonds. The van der Waals surface area contributed by atoms with Crippen LogP contribution in [0.25, 0.3) is 0 Å². The number of nitrogens with one attached hydrogen (secondary N) is 1. The van der Waals surface area contributed by atoms with Crippen LogP contribution >= 0.6 is 23.2 Å². The van der Waals surface area contributed by atoms with E-state index in [1.165, 1.54) is 12.1 Å². The fourth-order valence-electron chi connectivity index (χ4n) is 1.82. The Labute approximate surface area is 132 Å². The molecule has 0 aliphatic rings. The first-order valence-electron chi connectivity index (χ1n) is 6.21. The second-order valence-electron chi connectivity index (χ2n) is 4.43. The second kappa shape index (κ2) is 6.70. The third-order valence-corrected chi connectivity index (χ3v) is 3.64. The van der Waals surface area contributed by atoms with E-state index in [1.807, 2.05) is 0 Å². The molecule has 21 heavy (non-hydrogen) atoms. The van der Waals surface area contributed by atoms with Crippen LogP contribution < -0.4 is 5.43 Å². The Morgan fingerprint density at radius 3 is 2.43 bits per heavy atom. The number of hydrogen-bond acceptors (Lipinski definition) is 4. The van der Waals surface area contributed by atoms with Crippen molar-refractivity contribution >= 4 is 28.9 Å². The number of hydrogen-bond donors (Lipinski definition) is 3. The average Bonchev–Trinajstić information content (AvgIpc) is 2.42. The summed E-state index contributed by atoms with van der Waals surface area (Å²) in [5.74, 6) is -0.0336. The third-order valence-electron chi connectivity index (χ3n) is 2.94. The summed E-state index contributed by atoms with van der Waals surface area (Å²) in [4.78, 5) is 0. The molecule has 2 rings (SSSR count). The van der Waals surface area contributed by atoms with Crippen LogP contribution in [0, 0.1) is 0 Å². The van der Waals surface area contributed by atoms with Gasteiger partial charge in [0.2, 0.25) is 0 Å². The van der Waals surface area contributed by atoms with Crippen molar-refractivity contribution in [1.29, 1.82) is 0 Å². The summed E-state index contributed by atoms with van der Waals surface area (Å²) < 4.78 is 0. The van der Waals surface area contributed by atoms with E-state index in [2.05, 4.69) is 10.5 Å². The number of phenols is 2. The molecule has 0 saturated carbocycles. The van der Waals surface area contributed by atoms with Crippen LogP contribution in [0.2, 0.25) is 10.0 Å². The highest BCUT2D eigenvalue weighted by molar-refractivity contribution is 6.35. The van der Waals surface area contributed by atoms with Gasteiger partial charge in [-0.2, -0.15) is 5.10 Å². The predicted molar refractivity (Wildman–Crippen MR) is 85.3 cm³/mol. The Balaban J connectivity index is 2.11. The molecular weight excluding hydrogens is 311 g/mol. The summed E-state index contributed by atoms with van der Waals surface area (Å²) in [6, 6.07) is 9.63. The van der Waals surface area contributed by atoms with Crippen LogP contribution in [-0.2, 0) is 6.54 Å². The lowest BCUT2D eigenvalue weighted by Gasteiger charge is -2.08. The first-order valence-corrected chi connectivity index (χ1v) is 6.97. The van der Waals surface area contributed by atoms with Crippen molar-refractivity contribution in [1.82, 2.24) is 5.43 Å². The minimum atomic E-state index is -0.0335. The smallest absolute Gasteiger partial charge is 0.128 e. The predicted octanol–water partition coefficient (Wildman–Crippen LogP) is 3.92. The van der Waals surface area contributed by atoms with Gasteiger partial charge in [0.05, 0.1) is 12.3 Å². The largest absolute Gasteiger partial charge is 0.508 e. The number of hydrazone groups is 1. The molecule has 0 heterocycles. The summed E-state index contributed by atoms with van der Waals surface area (Å²) in [5.41, 5.74) is 4.74. The van der Waals surface area contributed by atoms with Gasteiger partial charge in [-0.15, -0.1) is 0 Å². The average molecular weight is 325 g/mol. The molecule has 0 aliphatic heterocycles. The van der Waals surface area contributed by atoms with Crippen molar-refractivity contribution in [2.24, 2.45) is 5.10 Å². The Morgan fingerprint density at radius 2 is 1.81 bits per heavy atom. The molecule has 2 aromatic carbocycles. The number of halogens is 2. The van der Waals surface area contributed by atoms with Crippen LogP contribution in [0.3, 0.4) is 0 Å². The summed E-state index contributed by atoms with van der Waals surface area (Å²) >= 11 is 12.1. The highest BCUT2D eigenvalue weighted by Gasteiger charge is 2.07. The number of benzene rings is 2. The SMILES string of the molecule is C/C(=N\NCc1c(Cl)cccc1Cl)c1ccc(O)cc1O. The summed E-state index contributed by atoms with van der Waals surface area (Å²) in [5, 5.41) is 24.3. The van der Waals surface area contributed by atoms with E-state index >= 15 is 0 Å². The molecular formula is C15H14Cl2N2O2. The Morgan fingerprint density at radius 1 is 1.14 bits per heavy atom. The van der Waals surface area contributed by atoms with Crippen molar-refractivity contribution in [2.75, 3.05) is 0 Å². The molecule has 4 nitrogen and oxygen atoms in total. The fraction of sp³-hybridized carbons (Fsp3) is 0.133. The lowest BCUT2D eigenvalue weighted by molar-refractivity contribution is 0.450. The maximum atomic E-state index is 9.76. The van der Waals surface area contributed by atoms with Gasteiger partial charge in [-0.3, -0.25) is 0 Å². The maximum absolute atomic E-state index is 9.76. The van der Waals surface area contributed by atoms with Crippen LogP contribution in [0.5, 0.6) is 11.5 Å². The van der Waals surface area contributed by atoms with E-state index in [-0.39, 0.29) is 11.5 Å². The first kappa shape index (κ1) is 15.5. The fourth-order valence-corrected chi connectivity index (χ4v) is 2.36. The molecule has 0 fully saturated rings. The number of phenolic OH excluding ortho intramolecular Hbond substituents is 2. The van der Waals surface area contributed by atoms with Crippen LogP contribution in [0.4, 0.5) is 0 Å². The summed E-state index contributed by atoms with van der Waals surface area (Å²) in [6.07, 6.45) is 0. The van der Waals surface area contributed by atoms with Gasteiger partial charge in [0.25, 0.3) is 0 Å². The zero-order valence-corrected chi connectivity index (χ0v) is 12.8. The van der Waals surface area contributed by atoms with E-state index in [0.29, 0.717) is 27.9 Å².